The molecule has 1 saturated heterocycles. The van der Waals surface area contributed by atoms with Crippen molar-refractivity contribution in [3.05, 3.63) is 29.3 Å². The predicted molar refractivity (Wildman–Crippen MR) is 68.9 cm³/mol. The summed E-state index contributed by atoms with van der Waals surface area (Å²) < 4.78 is 0. The number of anilines is 1. The molecule has 1 aliphatic heterocycles. The summed E-state index contributed by atoms with van der Waals surface area (Å²) in [4.78, 5) is 13.9. The number of hydrogen-bond acceptors (Lipinski definition) is 3. The van der Waals surface area contributed by atoms with Gasteiger partial charge in [-0.15, -0.1) is 0 Å². The summed E-state index contributed by atoms with van der Waals surface area (Å²) in [5.41, 5.74) is 5.16. The van der Waals surface area contributed by atoms with Gasteiger partial charge >= 0.3 is 0 Å². The van der Waals surface area contributed by atoms with Crippen molar-refractivity contribution in [3.63, 3.8) is 0 Å². The number of hydrogen-bond donors (Lipinski definition) is 2. The van der Waals surface area contributed by atoms with Crippen molar-refractivity contribution in [1.29, 1.82) is 0 Å². The lowest BCUT2D eigenvalue weighted by Gasteiger charge is -2.30. The second kappa shape index (κ2) is 5.19. The largest absolute Gasteiger partial charge is 0.371 e. The van der Waals surface area contributed by atoms with E-state index in [2.05, 4.69) is 17.2 Å². The number of nitrogens with zero attached hydrogens (tertiary/aromatic N) is 1. The molecule has 0 aliphatic carbocycles. The summed E-state index contributed by atoms with van der Waals surface area (Å²) in [7, 11) is 0. The fraction of sp³-hybridized carbons (Fsp3) is 0.462. The first-order chi connectivity index (χ1) is 8.22. The zero-order valence-corrected chi connectivity index (χ0v) is 10.2. The quantitative estimate of drug-likeness (QED) is 0.463. The third-order valence-corrected chi connectivity index (χ3v) is 3.30. The van der Waals surface area contributed by atoms with Crippen molar-refractivity contribution in [1.82, 2.24) is 5.43 Å². The lowest BCUT2D eigenvalue weighted by molar-refractivity contribution is 0.0953. The van der Waals surface area contributed by atoms with Crippen LogP contribution in [0.2, 0.25) is 0 Å². The smallest absolute Gasteiger partial charge is 0.265 e. The average molecular weight is 233 g/mol. The number of piperidine rings is 1. The van der Waals surface area contributed by atoms with Crippen LogP contribution in [0, 0.1) is 6.92 Å². The normalized spacial score (nSPS) is 15.8. The summed E-state index contributed by atoms with van der Waals surface area (Å²) in [6, 6.07) is 5.72. The molecule has 1 amide bonds. The highest BCUT2D eigenvalue weighted by Crippen LogP contribution is 2.24. The fourth-order valence-electron chi connectivity index (χ4n) is 2.31. The Morgan fingerprint density at radius 1 is 1.29 bits per heavy atom. The third-order valence-electron chi connectivity index (χ3n) is 3.30. The van der Waals surface area contributed by atoms with Gasteiger partial charge in [0.2, 0.25) is 0 Å². The molecule has 1 heterocycles. The molecule has 2 rings (SSSR count). The zero-order chi connectivity index (χ0) is 12.3. The van der Waals surface area contributed by atoms with Gasteiger partial charge in [0.25, 0.3) is 5.91 Å². The summed E-state index contributed by atoms with van der Waals surface area (Å²) in [5.74, 6) is 4.92. The van der Waals surface area contributed by atoms with Crippen LogP contribution >= 0.6 is 0 Å². The van der Waals surface area contributed by atoms with Crippen molar-refractivity contribution in [2.45, 2.75) is 26.2 Å². The number of rotatable bonds is 2. The molecule has 1 fully saturated rings. The van der Waals surface area contributed by atoms with Crippen LogP contribution in [-0.4, -0.2) is 19.0 Å². The van der Waals surface area contributed by atoms with E-state index in [4.69, 9.17) is 5.84 Å². The van der Waals surface area contributed by atoms with Crippen LogP contribution in [-0.2, 0) is 0 Å². The lowest BCUT2D eigenvalue weighted by atomic mass is 10.1. The second-order valence-electron chi connectivity index (χ2n) is 4.52. The summed E-state index contributed by atoms with van der Waals surface area (Å²) in [5, 5.41) is 0. The number of nitrogens with one attached hydrogen (secondary N) is 1. The van der Waals surface area contributed by atoms with Crippen LogP contribution in [0.5, 0.6) is 0 Å². The minimum atomic E-state index is -0.233. The Labute approximate surface area is 102 Å². The van der Waals surface area contributed by atoms with Crippen molar-refractivity contribution in [3.8, 4) is 0 Å². The number of carbonyl (C=O) groups excluding carboxylic acids is 1. The van der Waals surface area contributed by atoms with Gasteiger partial charge < -0.3 is 4.90 Å². The van der Waals surface area contributed by atoms with Gasteiger partial charge in [-0.2, -0.15) is 0 Å². The van der Waals surface area contributed by atoms with Crippen LogP contribution in [0.3, 0.4) is 0 Å². The van der Waals surface area contributed by atoms with Gasteiger partial charge in [-0.05, 0) is 43.9 Å². The van der Waals surface area contributed by atoms with Crippen molar-refractivity contribution < 1.29 is 4.79 Å². The van der Waals surface area contributed by atoms with E-state index in [1.54, 1.807) is 0 Å². The van der Waals surface area contributed by atoms with Crippen LogP contribution in [0.4, 0.5) is 5.69 Å². The molecule has 0 saturated carbocycles. The van der Waals surface area contributed by atoms with E-state index >= 15 is 0 Å². The maximum Gasteiger partial charge on any atom is 0.265 e. The van der Waals surface area contributed by atoms with E-state index in [0.717, 1.165) is 18.8 Å². The highest BCUT2D eigenvalue weighted by molar-refractivity contribution is 5.95. The van der Waals surface area contributed by atoms with Crippen LogP contribution < -0.4 is 16.2 Å². The van der Waals surface area contributed by atoms with Crippen LogP contribution in [0.1, 0.15) is 35.2 Å². The number of nitrogen functional groups attached to an aromatic ring is 1. The molecule has 92 valence electrons. The standard InChI is InChI=1S/C13H19N3O/c1-10-5-6-11(13(17)15-14)9-12(10)16-7-3-2-4-8-16/h5-6,9H,2-4,7-8,14H2,1H3,(H,15,17). The van der Waals surface area contributed by atoms with Gasteiger partial charge in [0, 0.05) is 24.3 Å². The third kappa shape index (κ3) is 2.58. The van der Waals surface area contributed by atoms with E-state index in [-0.39, 0.29) is 5.91 Å². The Kier molecular flexibility index (Phi) is 3.64. The molecular formula is C13H19N3O. The van der Waals surface area contributed by atoms with Crippen LogP contribution in [0.25, 0.3) is 0 Å². The Morgan fingerprint density at radius 3 is 2.65 bits per heavy atom. The van der Waals surface area contributed by atoms with E-state index in [9.17, 15) is 4.79 Å². The Balaban J connectivity index is 2.28. The molecule has 0 spiro atoms. The molecule has 0 aromatic heterocycles. The number of aryl methyl sites for hydroxylation is 1. The first kappa shape index (κ1) is 11.9. The Bertz CT molecular complexity index is 411. The van der Waals surface area contributed by atoms with E-state index in [0.29, 0.717) is 5.56 Å². The van der Waals surface area contributed by atoms with E-state index in [1.807, 2.05) is 18.2 Å². The molecule has 4 nitrogen and oxygen atoms in total. The summed E-state index contributed by atoms with van der Waals surface area (Å²) in [6.07, 6.45) is 3.76. The first-order valence-corrected chi connectivity index (χ1v) is 6.09. The molecule has 17 heavy (non-hydrogen) atoms. The van der Waals surface area contributed by atoms with Crippen LogP contribution in [0.15, 0.2) is 18.2 Å². The zero-order valence-electron chi connectivity index (χ0n) is 10.2. The van der Waals surface area contributed by atoms with Crippen molar-refractivity contribution in [2.75, 3.05) is 18.0 Å². The Morgan fingerprint density at radius 2 is 2.00 bits per heavy atom. The molecule has 0 bridgehead atoms. The maximum atomic E-state index is 11.5. The van der Waals surface area contributed by atoms with Crippen molar-refractivity contribution >= 4 is 11.6 Å². The fourth-order valence-corrected chi connectivity index (χ4v) is 2.31. The number of benzene rings is 1. The molecule has 4 heteroatoms. The van der Waals surface area contributed by atoms with Gasteiger partial charge in [0.15, 0.2) is 0 Å². The van der Waals surface area contributed by atoms with E-state index in [1.165, 1.54) is 24.8 Å². The predicted octanol–water partition coefficient (Wildman–Crippen LogP) is 1.59. The van der Waals surface area contributed by atoms with Crippen molar-refractivity contribution in [2.24, 2.45) is 5.84 Å². The summed E-state index contributed by atoms with van der Waals surface area (Å²) >= 11 is 0. The topological polar surface area (TPSA) is 58.4 Å². The molecule has 0 unspecified atom stereocenters. The highest BCUT2D eigenvalue weighted by Gasteiger charge is 2.14. The van der Waals surface area contributed by atoms with Gasteiger partial charge in [0.05, 0.1) is 0 Å². The Hall–Kier alpha value is -1.55. The minimum absolute atomic E-state index is 0.233. The molecule has 1 aromatic carbocycles. The first-order valence-electron chi connectivity index (χ1n) is 6.09. The molecule has 1 aromatic rings. The van der Waals surface area contributed by atoms with Gasteiger partial charge in [-0.1, -0.05) is 6.07 Å². The molecular weight excluding hydrogens is 214 g/mol. The molecule has 3 N–H and O–H groups in total. The summed E-state index contributed by atoms with van der Waals surface area (Å²) in [6.45, 7) is 4.23. The lowest BCUT2D eigenvalue weighted by Crippen LogP contribution is -2.32. The van der Waals surface area contributed by atoms with Gasteiger partial charge in [-0.25, -0.2) is 5.84 Å². The van der Waals surface area contributed by atoms with Gasteiger partial charge in [0.1, 0.15) is 0 Å². The number of amides is 1. The SMILES string of the molecule is Cc1ccc(C(=O)NN)cc1N1CCCCC1. The van der Waals surface area contributed by atoms with Gasteiger partial charge in [-0.3, -0.25) is 10.2 Å². The maximum absolute atomic E-state index is 11.5. The number of hydrazine groups is 1. The second-order valence-corrected chi connectivity index (χ2v) is 4.52. The minimum Gasteiger partial charge on any atom is -0.371 e. The average Bonchev–Trinajstić information content (AvgIpc) is 2.39. The highest BCUT2D eigenvalue weighted by atomic mass is 16.2. The molecule has 0 atom stereocenters. The molecule has 1 aliphatic rings. The number of nitrogens with two attached hydrogens (primary N) is 1. The van der Waals surface area contributed by atoms with E-state index < -0.39 is 0 Å². The monoisotopic (exact) mass is 233 g/mol. The number of carbonyl (C=O) groups is 1. The molecule has 0 radical (unpaired) electrons.